The predicted octanol–water partition coefficient (Wildman–Crippen LogP) is 3.62. The Labute approximate surface area is 150 Å². The maximum atomic E-state index is 12.7. The Morgan fingerprint density at radius 1 is 1.36 bits per heavy atom. The van der Waals surface area contributed by atoms with E-state index < -0.39 is 0 Å². The lowest BCUT2D eigenvalue weighted by Gasteiger charge is -2.28. The molecule has 8 heteroatoms. The molecule has 3 rings (SSSR count). The lowest BCUT2D eigenvalue weighted by molar-refractivity contribution is 0.209. The molecule has 7 nitrogen and oxygen atoms in total. The number of amides is 2. The molecule has 2 heterocycles. The maximum Gasteiger partial charge on any atom is 0.323 e. The van der Waals surface area contributed by atoms with E-state index in [1.165, 1.54) is 0 Å². The first-order valence-electron chi connectivity index (χ1n) is 7.65. The Morgan fingerprint density at radius 3 is 2.64 bits per heavy atom. The van der Waals surface area contributed by atoms with Crippen LogP contribution in [-0.2, 0) is 7.05 Å². The molecule has 2 aromatic heterocycles. The first kappa shape index (κ1) is 17.0. The second-order valence-corrected chi connectivity index (χ2v) is 6.15. The van der Waals surface area contributed by atoms with Crippen LogP contribution in [0.5, 0.6) is 0 Å². The van der Waals surface area contributed by atoms with Gasteiger partial charge in [-0.3, -0.25) is 5.32 Å². The molecule has 0 aliphatic carbocycles. The van der Waals surface area contributed by atoms with E-state index in [0.717, 1.165) is 11.4 Å². The van der Waals surface area contributed by atoms with Crippen molar-refractivity contribution < 1.29 is 9.32 Å². The number of carbonyl (C=O) groups is 1. The SMILES string of the molecule is Cc1cc(NC(=O)N(C)[C@H](c2ccc(Cl)cc2)c2nccn2C)no1. The van der Waals surface area contributed by atoms with Crippen molar-refractivity contribution >= 4 is 23.4 Å². The Balaban J connectivity index is 1.92. The van der Waals surface area contributed by atoms with Crippen molar-refractivity contribution in [2.45, 2.75) is 13.0 Å². The summed E-state index contributed by atoms with van der Waals surface area (Å²) in [6.45, 7) is 1.76. The molecule has 0 aliphatic heterocycles. The summed E-state index contributed by atoms with van der Waals surface area (Å²) in [5.41, 5.74) is 0.896. The minimum absolute atomic E-state index is 0.323. The molecule has 0 unspecified atom stereocenters. The van der Waals surface area contributed by atoms with E-state index >= 15 is 0 Å². The second kappa shape index (κ2) is 6.98. The Kier molecular flexibility index (Phi) is 4.76. The fourth-order valence-corrected chi connectivity index (χ4v) is 2.70. The molecule has 0 spiro atoms. The molecule has 0 saturated carbocycles. The minimum Gasteiger partial charge on any atom is -0.360 e. The molecule has 1 aromatic carbocycles. The van der Waals surface area contributed by atoms with Crippen LogP contribution in [0.15, 0.2) is 47.2 Å². The average molecular weight is 360 g/mol. The number of nitrogens with zero attached hydrogens (tertiary/aromatic N) is 4. The number of anilines is 1. The van der Waals surface area contributed by atoms with Crippen molar-refractivity contribution in [1.29, 1.82) is 0 Å². The molecule has 0 radical (unpaired) electrons. The van der Waals surface area contributed by atoms with Crippen molar-refractivity contribution in [3.8, 4) is 0 Å². The number of nitrogens with one attached hydrogen (secondary N) is 1. The van der Waals surface area contributed by atoms with Crippen LogP contribution in [0.3, 0.4) is 0 Å². The standard InChI is InChI=1S/C17H18ClN5O2/c1-11-10-14(21-25-11)20-17(24)23(3)15(16-19-8-9-22(16)2)12-4-6-13(18)7-5-12/h4-10,15H,1-3H3,(H,20,21,24)/t15-/m1/s1. The lowest BCUT2D eigenvalue weighted by Crippen LogP contribution is -2.36. The van der Waals surface area contributed by atoms with Gasteiger partial charge in [-0.05, 0) is 24.6 Å². The average Bonchev–Trinajstić information content (AvgIpc) is 3.18. The smallest absolute Gasteiger partial charge is 0.323 e. The van der Waals surface area contributed by atoms with Crippen LogP contribution >= 0.6 is 11.6 Å². The molecule has 3 aromatic rings. The number of benzene rings is 1. The number of aryl methyl sites for hydroxylation is 2. The van der Waals surface area contributed by atoms with Gasteiger partial charge in [0, 0.05) is 37.6 Å². The van der Waals surface area contributed by atoms with Gasteiger partial charge in [0.25, 0.3) is 0 Å². The van der Waals surface area contributed by atoms with Gasteiger partial charge in [-0.1, -0.05) is 28.9 Å². The molecule has 25 heavy (non-hydrogen) atoms. The van der Waals surface area contributed by atoms with Gasteiger partial charge in [0.2, 0.25) is 0 Å². The van der Waals surface area contributed by atoms with E-state index in [-0.39, 0.29) is 12.1 Å². The lowest BCUT2D eigenvalue weighted by atomic mass is 10.1. The quantitative estimate of drug-likeness (QED) is 0.771. The molecule has 0 bridgehead atoms. The second-order valence-electron chi connectivity index (χ2n) is 5.71. The van der Waals surface area contributed by atoms with Gasteiger partial charge in [0.1, 0.15) is 17.6 Å². The van der Waals surface area contributed by atoms with Crippen LogP contribution in [0, 0.1) is 6.92 Å². The highest BCUT2D eigenvalue weighted by Crippen LogP contribution is 2.28. The molecular formula is C17H18ClN5O2. The molecule has 0 saturated heterocycles. The molecule has 2 amide bonds. The summed E-state index contributed by atoms with van der Waals surface area (Å²) in [5.74, 6) is 1.72. The van der Waals surface area contributed by atoms with Crippen molar-refractivity contribution in [3.05, 3.63) is 64.9 Å². The summed E-state index contributed by atoms with van der Waals surface area (Å²) < 4.78 is 6.86. The summed E-state index contributed by atoms with van der Waals surface area (Å²) >= 11 is 5.99. The van der Waals surface area contributed by atoms with Gasteiger partial charge in [-0.25, -0.2) is 9.78 Å². The molecule has 1 N–H and O–H groups in total. The fourth-order valence-electron chi connectivity index (χ4n) is 2.57. The van der Waals surface area contributed by atoms with Gasteiger partial charge in [0.15, 0.2) is 5.82 Å². The minimum atomic E-state index is -0.384. The molecule has 130 valence electrons. The Morgan fingerprint density at radius 2 is 2.08 bits per heavy atom. The number of rotatable bonds is 4. The van der Waals surface area contributed by atoms with Crippen LogP contribution in [0.4, 0.5) is 10.6 Å². The largest absolute Gasteiger partial charge is 0.360 e. The van der Waals surface area contributed by atoms with Crippen LogP contribution in [0.1, 0.15) is 23.2 Å². The first-order chi connectivity index (χ1) is 12.0. The maximum absolute atomic E-state index is 12.7. The van der Waals surface area contributed by atoms with Crippen molar-refractivity contribution in [3.63, 3.8) is 0 Å². The number of halogens is 1. The van der Waals surface area contributed by atoms with Crippen LogP contribution < -0.4 is 5.32 Å². The first-order valence-corrected chi connectivity index (χ1v) is 8.03. The van der Waals surface area contributed by atoms with E-state index in [1.807, 2.05) is 29.9 Å². The monoisotopic (exact) mass is 359 g/mol. The number of imidazole rings is 1. The molecule has 0 fully saturated rings. The predicted molar refractivity (Wildman–Crippen MR) is 94.5 cm³/mol. The number of hydrogen-bond donors (Lipinski definition) is 1. The van der Waals surface area contributed by atoms with Gasteiger partial charge in [-0.15, -0.1) is 0 Å². The summed E-state index contributed by atoms with van der Waals surface area (Å²) in [6, 6.07) is 8.29. The van der Waals surface area contributed by atoms with Crippen LogP contribution in [-0.4, -0.2) is 32.7 Å². The third-order valence-electron chi connectivity index (χ3n) is 3.86. The van der Waals surface area contributed by atoms with Crippen molar-refractivity contribution in [2.24, 2.45) is 7.05 Å². The van der Waals surface area contributed by atoms with Gasteiger partial charge >= 0.3 is 6.03 Å². The zero-order chi connectivity index (χ0) is 18.0. The van der Waals surface area contributed by atoms with E-state index in [4.69, 9.17) is 16.1 Å². The number of carbonyl (C=O) groups excluding carboxylic acids is 1. The van der Waals surface area contributed by atoms with Gasteiger partial charge < -0.3 is 14.0 Å². The molecular weight excluding hydrogens is 342 g/mol. The highest BCUT2D eigenvalue weighted by molar-refractivity contribution is 6.30. The highest BCUT2D eigenvalue weighted by atomic mass is 35.5. The normalized spacial score (nSPS) is 12.0. The zero-order valence-corrected chi connectivity index (χ0v) is 14.9. The van der Waals surface area contributed by atoms with Gasteiger partial charge in [0.05, 0.1) is 0 Å². The molecule has 1 atom stereocenters. The van der Waals surface area contributed by atoms with E-state index in [0.29, 0.717) is 16.6 Å². The fraction of sp³-hybridized carbons (Fsp3) is 0.235. The van der Waals surface area contributed by atoms with Crippen molar-refractivity contribution in [1.82, 2.24) is 19.6 Å². The van der Waals surface area contributed by atoms with E-state index in [1.54, 1.807) is 43.3 Å². The summed E-state index contributed by atoms with van der Waals surface area (Å²) in [7, 11) is 3.59. The van der Waals surface area contributed by atoms with E-state index in [2.05, 4.69) is 15.5 Å². The highest BCUT2D eigenvalue weighted by Gasteiger charge is 2.27. The number of aromatic nitrogens is 3. The van der Waals surface area contributed by atoms with Crippen molar-refractivity contribution in [2.75, 3.05) is 12.4 Å². The number of hydrogen-bond acceptors (Lipinski definition) is 4. The van der Waals surface area contributed by atoms with E-state index in [9.17, 15) is 4.79 Å². The Hall–Kier alpha value is -2.80. The van der Waals surface area contributed by atoms with Crippen LogP contribution in [0.25, 0.3) is 0 Å². The Bertz CT molecular complexity index is 871. The zero-order valence-electron chi connectivity index (χ0n) is 14.1. The topological polar surface area (TPSA) is 76.2 Å². The summed E-state index contributed by atoms with van der Waals surface area (Å²) in [6.07, 6.45) is 3.54. The number of urea groups is 1. The molecule has 0 aliphatic rings. The van der Waals surface area contributed by atoms with Crippen LogP contribution in [0.2, 0.25) is 5.02 Å². The third-order valence-corrected chi connectivity index (χ3v) is 4.11. The third kappa shape index (κ3) is 3.66. The van der Waals surface area contributed by atoms with Gasteiger partial charge in [-0.2, -0.15) is 0 Å². The summed E-state index contributed by atoms with van der Waals surface area (Å²) in [4.78, 5) is 18.6. The summed E-state index contributed by atoms with van der Waals surface area (Å²) in [5, 5.41) is 7.15.